The van der Waals surface area contributed by atoms with E-state index in [-0.39, 0.29) is 11.0 Å². The average Bonchev–Trinajstić information content (AvgIpc) is 2.60. The average molecular weight is 236 g/mol. The Hall–Kier alpha value is -1.16. The Morgan fingerprint density at radius 1 is 1.41 bits per heavy atom. The van der Waals surface area contributed by atoms with Crippen LogP contribution < -0.4 is 5.32 Å². The van der Waals surface area contributed by atoms with Gasteiger partial charge in [-0.05, 0) is 20.8 Å². The molecule has 1 atom stereocenters. The molecule has 4 heteroatoms. The third-order valence-electron chi connectivity index (χ3n) is 2.75. The highest BCUT2D eigenvalue weighted by Gasteiger charge is 2.24. The Morgan fingerprint density at radius 2 is 2.06 bits per heavy atom. The molecule has 0 saturated heterocycles. The topological polar surface area (TPSA) is 42.7 Å². The van der Waals surface area contributed by atoms with Crippen molar-refractivity contribution in [2.75, 3.05) is 6.54 Å². The predicted molar refractivity (Wildman–Crippen MR) is 70.8 cm³/mol. The number of aromatic nitrogens is 3. The maximum absolute atomic E-state index is 4.13. The molecule has 0 fully saturated rings. The lowest BCUT2D eigenvalue weighted by Crippen LogP contribution is -2.43. The van der Waals surface area contributed by atoms with Crippen LogP contribution in [-0.4, -0.2) is 27.1 Å². The minimum atomic E-state index is 0.00329. The summed E-state index contributed by atoms with van der Waals surface area (Å²) in [6.45, 7) is 13.5. The highest BCUT2D eigenvalue weighted by atomic mass is 15.4. The van der Waals surface area contributed by atoms with Crippen LogP contribution in [0.1, 0.15) is 33.4 Å². The molecule has 0 aliphatic heterocycles. The molecule has 96 valence electrons. The van der Waals surface area contributed by atoms with Gasteiger partial charge in [-0.2, -0.15) is 0 Å². The Bertz CT molecular complexity index is 375. The smallest absolute Gasteiger partial charge is 0.0836 e. The third-order valence-corrected chi connectivity index (χ3v) is 2.75. The van der Waals surface area contributed by atoms with E-state index in [1.165, 1.54) is 0 Å². The van der Waals surface area contributed by atoms with Crippen LogP contribution in [0.25, 0.3) is 0 Å². The largest absolute Gasteiger partial charge is 0.311 e. The van der Waals surface area contributed by atoms with E-state index in [1.54, 1.807) is 4.68 Å². The SMILES string of the molecule is C=CC(C)(CNC(C)(C)C)Cc1cn(C)nn1. The van der Waals surface area contributed by atoms with Crippen LogP contribution in [0, 0.1) is 5.41 Å². The number of aryl methyl sites for hydroxylation is 1. The lowest BCUT2D eigenvalue weighted by molar-refractivity contribution is 0.320. The number of rotatable bonds is 5. The van der Waals surface area contributed by atoms with E-state index in [4.69, 9.17) is 0 Å². The molecule has 0 radical (unpaired) electrons. The van der Waals surface area contributed by atoms with Gasteiger partial charge in [0.2, 0.25) is 0 Å². The number of hydrogen-bond donors (Lipinski definition) is 1. The molecule has 0 amide bonds. The van der Waals surface area contributed by atoms with E-state index in [2.05, 4.69) is 49.9 Å². The van der Waals surface area contributed by atoms with Crippen molar-refractivity contribution in [1.82, 2.24) is 20.3 Å². The molecule has 1 aromatic rings. The van der Waals surface area contributed by atoms with Gasteiger partial charge in [-0.25, -0.2) is 0 Å². The van der Waals surface area contributed by atoms with Gasteiger partial charge in [0.25, 0.3) is 0 Å². The zero-order valence-corrected chi connectivity index (χ0v) is 11.6. The van der Waals surface area contributed by atoms with Crippen molar-refractivity contribution in [3.63, 3.8) is 0 Å². The van der Waals surface area contributed by atoms with Crippen LogP contribution in [0.15, 0.2) is 18.9 Å². The maximum atomic E-state index is 4.13. The minimum absolute atomic E-state index is 0.00329. The standard InChI is InChI=1S/C13H24N4/c1-7-13(5,10-14-12(2,3)4)8-11-9-17(6)16-15-11/h7,9,14H,1,8,10H2,2-6H3. The summed E-state index contributed by atoms with van der Waals surface area (Å²) in [7, 11) is 1.88. The van der Waals surface area contributed by atoms with Crippen molar-refractivity contribution >= 4 is 0 Å². The molecule has 0 aliphatic carbocycles. The van der Waals surface area contributed by atoms with Gasteiger partial charge in [0.15, 0.2) is 0 Å². The first-order valence-electron chi connectivity index (χ1n) is 5.98. The summed E-state index contributed by atoms with van der Waals surface area (Å²) in [5.74, 6) is 0. The molecule has 0 spiro atoms. The molecular formula is C13H24N4. The van der Waals surface area contributed by atoms with Gasteiger partial charge in [0.05, 0.1) is 5.69 Å². The Labute approximate surface area is 104 Å². The molecule has 1 rings (SSSR count). The molecular weight excluding hydrogens is 212 g/mol. The van der Waals surface area contributed by atoms with Crippen LogP contribution in [0.3, 0.4) is 0 Å². The van der Waals surface area contributed by atoms with Gasteiger partial charge in [0.1, 0.15) is 0 Å². The summed E-state index contributed by atoms with van der Waals surface area (Å²) >= 11 is 0. The van der Waals surface area contributed by atoms with E-state index >= 15 is 0 Å². The van der Waals surface area contributed by atoms with E-state index in [1.807, 2.05) is 19.3 Å². The van der Waals surface area contributed by atoms with Gasteiger partial charge in [-0.1, -0.05) is 18.2 Å². The van der Waals surface area contributed by atoms with Crippen molar-refractivity contribution < 1.29 is 0 Å². The second-order valence-electron chi connectivity index (χ2n) is 6.02. The monoisotopic (exact) mass is 236 g/mol. The summed E-state index contributed by atoms with van der Waals surface area (Å²) in [5, 5.41) is 11.6. The quantitative estimate of drug-likeness (QED) is 0.794. The summed E-state index contributed by atoms with van der Waals surface area (Å²) in [6.07, 6.45) is 4.81. The van der Waals surface area contributed by atoms with Crippen LogP contribution in [-0.2, 0) is 13.5 Å². The Kier molecular flexibility index (Phi) is 4.09. The number of nitrogens with zero attached hydrogens (tertiary/aromatic N) is 3. The molecule has 1 aromatic heterocycles. The first-order chi connectivity index (χ1) is 7.74. The van der Waals surface area contributed by atoms with E-state index < -0.39 is 0 Å². The van der Waals surface area contributed by atoms with E-state index in [0.717, 1.165) is 18.7 Å². The first-order valence-corrected chi connectivity index (χ1v) is 5.98. The van der Waals surface area contributed by atoms with E-state index in [9.17, 15) is 0 Å². The predicted octanol–water partition coefficient (Wildman–Crippen LogP) is 1.94. The van der Waals surface area contributed by atoms with Crippen molar-refractivity contribution in [2.45, 2.75) is 39.7 Å². The number of nitrogens with one attached hydrogen (secondary N) is 1. The molecule has 1 heterocycles. The van der Waals surface area contributed by atoms with Gasteiger partial charge >= 0.3 is 0 Å². The van der Waals surface area contributed by atoms with Crippen molar-refractivity contribution in [3.05, 3.63) is 24.5 Å². The molecule has 0 aromatic carbocycles. The molecule has 0 bridgehead atoms. The first kappa shape index (κ1) is 13.9. The van der Waals surface area contributed by atoms with Gasteiger partial charge in [-0.15, -0.1) is 11.7 Å². The van der Waals surface area contributed by atoms with Gasteiger partial charge < -0.3 is 5.32 Å². The molecule has 0 saturated carbocycles. The Balaban J connectivity index is 2.65. The summed E-state index contributed by atoms with van der Waals surface area (Å²) in [6, 6.07) is 0. The number of hydrogen-bond acceptors (Lipinski definition) is 3. The Morgan fingerprint density at radius 3 is 2.47 bits per heavy atom. The normalized spacial score (nSPS) is 15.6. The zero-order chi connectivity index (χ0) is 13.1. The zero-order valence-electron chi connectivity index (χ0n) is 11.6. The van der Waals surface area contributed by atoms with Crippen molar-refractivity contribution in [3.8, 4) is 0 Å². The van der Waals surface area contributed by atoms with Crippen LogP contribution >= 0.6 is 0 Å². The highest BCUT2D eigenvalue weighted by Crippen LogP contribution is 2.22. The van der Waals surface area contributed by atoms with E-state index in [0.29, 0.717) is 0 Å². The summed E-state index contributed by atoms with van der Waals surface area (Å²) in [5.41, 5.74) is 1.13. The van der Waals surface area contributed by atoms with Gasteiger partial charge in [0, 0.05) is 37.2 Å². The summed E-state index contributed by atoms with van der Waals surface area (Å²) in [4.78, 5) is 0. The van der Waals surface area contributed by atoms with Crippen LogP contribution in [0.4, 0.5) is 0 Å². The fourth-order valence-corrected chi connectivity index (χ4v) is 1.56. The molecule has 0 aliphatic rings. The second kappa shape index (κ2) is 5.00. The fraction of sp³-hybridized carbons (Fsp3) is 0.692. The van der Waals surface area contributed by atoms with Crippen LogP contribution in [0.5, 0.6) is 0 Å². The second-order valence-corrected chi connectivity index (χ2v) is 6.02. The lowest BCUT2D eigenvalue weighted by atomic mass is 9.85. The fourth-order valence-electron chi connectivity index (χ4n) is 1.56. The molecule has 4 nitrogen and oxygen atoms in total. The van der Waals surface area contributed by atoms with Crippen molar-refractivity contribution in [2.24, 2.45) is 12.5 Å². The van der Waals surface area contributed by atoms with Crippen molar-refractivity contribution in [1.29, 1.82) is 0 Å². The summed E-state index contributed by atoms with van der Waals surface area (Å²) < 4.78 is 1.73. The van der Waals surface area contributed by atoms with Crippen LogP contribution in [0.2, 0.25) is 0 Å². The maximum Gasteiger partial charge on any atom is 0.0836 e. The molecule has 1 unspecified atom stereocenters. The molecule has 17 heavy (non-hydrogen) atoms. The lowest BCUT2D eigenvalue weighted by Gasteiger charge is -2.30. The molecule has 1 N–H and O–H groups in total. The third kappa shape index (κ3) is 4.69. The highest BCUT2D eigenvalue weighted by molar-refractivity contribution is 5.05. The van der Waals surface area contributed by atoms with Gasteiger partial charge in [-0.3, -0.25) is 4.68 Å². The minimum Gasteiger partial charge on any atom is -0.311 e.